The minimum absolute atomic E-state index is 0.106. The second-order valence-electron chi connectivity index (χ2n) is 5.81. The van der Waals surface area contributed by atoms with Gasteiger partial charge in [-0.05, 0) is 37.5 Å². The van der Waals surface area contributed by atoms with E-state index >= 15 is 0 Å². The highest BCUT2D eigenvalue weighted by Crippen LogP contribution is 2.27. The Bertz CT molecular complexity index is 483. The summed E-state index contributed by atoms with van der Waals surface area (Å²) in [4.78, 5) is 13.4. The van der Waals surface area contributed by atoms with Gasteiger partial charge in [0, 0.05) is 31.2 Å². The third kappa shape index (κ3) is 3.14. The fourth-order valence-corrected chi connectivity index (χ4v) is 2.22. The number of rotatable bonds is 4. The van der Waals surface area contributed by atoms with Crippen LogP contribution < -0.4 is 10.2 Å². The molecule has 4 nitrogen and oxygen atoms in total. The number of anilines is 1. The van der Waals surface area contributed by atoms with Crippen LogP contribution in [-0.4, -0.2) is 30.2 Å². The van der Waals surface area contributed by atoms with Crippen molar-refractivity contribution in [2.75, 3.05) is 18.6 Å². The molecule has 1 aromatic carbocycles. The van der Waals surface area contributed by atoms with Gasteiger partial charge in [0.1, 0.15) is 0 Å². The van der Waals surface area contributed by atoms with E-state index in [0.29, 0.717) is 6.42 Å². The zero-order valence-electron chi connectivity index (χ0n) is 11.9. The molecule has 0 aliphatic carbocycles. The predicted octanol–water partition coefficient (Wildman–Crippen LogP) is 1.46. The minimum Gasteiger partial charge on any atom is -0.394 e. The SMILES string of the molecule is CN1C(=O)CCc2cc(CNC(C)(C)CO)ccc21. The molecule has 0 unspecified atom stereocenters. The lowest BCUT2D eigenvalue weighted by molar-refractivity contribution is -0.118. The van der Waals surface area contributed by atoms with E-state index in [2.05, 4.69) is 11.4 Å². The molecule has 1 aliphatic heterocycles. The third-order valence-electron chi connectivity index (χ3n) is 3.65. The monoisotopic (exact) mass is 262 g/mol. The van der Waals surface area contributed by atoms with Crippen molar-refractivity contribution in [3.63, 3.8) is 0 Å². The van der Waals surface area contributed by atoms with Crippen LogP contribution in [0.1, 0.15) is 31.4 Å². The Kier molecular flexibility index (Phi) is 3.92. The van der Waals surface area contributed by atoms with Crippen LogP contribution >= 0.6 is 0 Å². The van der Waals surface area contributed by atoms with Gasteiger partial charge in [-0.1, -0.05) is 12.1 Å². The van der Waals surface area contributed by atoms with Gasteiger partial charge in [0.25, 0.3) is 0 Å². The van der Waals surface area contributed by atoms with Gasteiger partial charge in [0.2, 0.25) is 5.91 Å². The quantitative estimate of drug-likeness (QED) is 0.863. The molecule has 0 saturated heterocycles. The summed E-state index contributed by atoms with van der Waals surface area (Å²) in [6.07, 6.45) is 1.40. The molecule has 4 heteroatoms. The van der Waals surface area contributed by atoms with E-state index in [-0.39, 0.29) is 18.1 Å². The van der Waals surface area contributed by atoms with Crippen molar-refractivity contribution in [3.8, 4) is 0 Å². The highest BCUT2D eigenvalue weighted by atomic mass is 16.3. The highest BCUT2D eigenvalue weighted by molar-refractivity contribution is 5.95. The number of carbonyl (C=O) groups is 1. The molecule has 1 amide bonds. The number of amides is 1. The average Bonchev–Trinajstić information content (AvgIpc) is 2.41. The van der Waals surface area contributed by atoms with Crippen molar-refractivity contribution in [2.24, 2.45) is 0 Å². The van der Waals surface area contributed by atoms with E-state index in [1.165, 1.54) is 11.1 Å². The van der Waals surface area contributed by atoms with Crippen LogP contribution in [0.2, 0.25) is 0 Å². The highest BCUT2D eigenvalue weighted by Gasteiger charge is 2.21. The van der Waals surface area contributed by atoms with Crippen molar-refractivity contribution in [1.82, 2.24) is 5.32 Å². The van der Waals surface area contributed by atoms with Gasteiger partial charge in [-0.25, -0.2) is 0 Å². The smallest absolute Gasteiger partial charge is 0.227 e. The van der Waals surface area contributed by atoms with E-state index in [9.17, 15) is 9.90 Å². The topological polar surface area (TPSA) is 52.6 Å². The number of fused-ring (bicyclic) bond motifs is 1. The standard InChI is InChI=1S/C15H22N2O2/c1-15(2,10-18)16-9-11-4-6-13-12(8-11)5-7-14(19)17(13)3/h4,6,8,16,18H,5,7,9-10H2,1-3H3. The number of carbonyl (C=O) groups excluding carboxylic acids is 1. The van der Waals surface area contributed by atoms with Crippen LogP contribution in [0.5, 0.6) is 0 Å². The predicted molar refractivity (Wildman–Crippen MR) is 76.2 cm³/mol. The minimum atomic E-state index is -0.275. The van der Waals surface area contributed by atoms with Crippen molar-refractivity contribution in [1.29, 1.82) is 0 Å². The van der Waals surface area contributed by atoms with E-state index in [4.69, 9.17) is 0 Å². The maximum atomic E-state index is 11.6. The maximum absolute atomic E-state index is 11.6. The van der Waals surface area contributed by atoms with Crippen LogP contribution in [-0.2, 0) is 17.8 Å². The summed E-state index contributed by atoms with van der Waals surface area (Å²) in [6, 6.07) is 6.20. The molecule has 0 saturated carbocycles. The average molecular weight is 262 g/mol. The Hall–Kier alpha value is -1.39. The first-order valence-corrected chi connectivity index (χ1v) is 6.67. The molecule has 2 N–H and O–H groups in total. The molecule has 19 heavy (non-hydrogen) atoms. The van der Waals surface area contributed by atoms with E-state index in [1.807, 2.05) is 33.0 Å². The molecule has 0 radical (unpaired) electrons. The fraction of sp³-hybridized carbons (Fsp3) is 0.533. The zero-order valence-corrected chi connectivity index (χ0v) is 11.9. The van der Waals surface area contributed by atoms with Gasteiger partial charge in [-0.3, -0.25) is 4.79 Å². The Labute approximate surface area is 114 Å². The molecule has 0 atom stereocenters. The van der Waals surface area contributed by atoms with Crippen molar-refractivity contribution >= 4 is 11.6 Å². The molecule has 1 aliphatic rings. The first-order valence-electron chi connectivity index (χ1n) is 6.67. The second-order valence-corrected chi connectivity index (χ2v) is 5.81. The molecule has 0 spiro atoms. The number of hydrogen-bond donors (Lipinski definition) is 2. The molecular weight excluding hydrogens is 240 g/mol. The van der Waals surface area contributed by atoms with E-state index < -0.39 is 0 Å². The lowest BCUT2D eigenvalue weighted by Crippen LogP contribution is -2.42. The van der Waals surface area contributed by atoms with Crippen LogP contribution in [0, 0.1) is 0 Å². The molecule has 0 fully saturated rings. The molecule has 1 heterocycles. The third-order valence-corrected chi connectivity index (χ3v) is 3.65. The van der Waals surface area contributed by atoms with Crippen molar-refractivity contribution in [3.05, 3.63) is 29.3 Å². The van der Waals surface area contributed by atoms with Crippen LogP contribution in [0.4, 0.5) is 5.69 Å². The van der Waals surface area contributed by atoms with Gasteiger partial charge < -0.3 is 15.3 Å². The summed E-state index contributed by atoms with van der Waals surface area (Å²) in [5, 5.41) is 12.5. The summed E-state index contributed by atoms with van der Waals surface area (Å²) < 4.78 is 0. The number of nitrogens with zero attached hydrogens (tertiary/aromatic N) is 1. The van der Waals surface area contributed by atoms with Gasteiger partial charge in [0.15, 0.2) is 0 Å². The zero-order chi connectivity index (χ0) is 14.0. The summed E-state index contributed by atoms with van der Waals surface area (Å²) in [5.41, 5.74) is 3.15. The molecule has 1 aromatic rings. The van der Waals surface area contributed by atoms with E-state index in [1.54, 1.807) is 4.90 Å². The van der Waals surface area contributed by atoms with Gasteiger partial charge in [-0.2, -0.15) is 0 Å². The van der Waals surface area contributed by atoms with Crippen molar-refractivity contribution < 1.29 is 9.90 Å². The number of nitrogens with one attached hydrogen (secondary N) is 1. The Balaban J connectivity index is 2.12. The molecular formula is C15H22N2O2. The van der Waals surface area contributed by atoms with Gasteiger partial charge >= 0.3 is 0 Å². The summed E-state index contributed by atoms with van der Waals surface area (Å²) in [6.45, 7) is 4.77. The first kappa shape index (κ1) is 14.0. The molecule has 104 valence electrons. The summed E-state index contributed by atoms with van der Waals surface area (Å²) in [5.74, 6) is 0.180. The first-order chi connectivity index (χ1) is 8.93. The number of benzene rings is 1. The Morgan fingerprint density at radius 2 is 2.11 bits per heavy atom. The van der Waals surface area contributed by atoms with Crippen LogP contribution in [0.15, 0.2) is 18.2 Å². The molecule has 2 rings (SSSR count). The molecule has 0 bridgehead atoms. The number of aliphatic hydroxyl groups is 1. The second kappa shape index (κ2) is 5.31. The van der Waals surface area contributed by atoms with E-state index in [0.717, 1.165) is 18.7 Å². The Morgan fingerprint density at radius 1 is 1.37 bits per heavy atom. The largest absolute Gasteiger partial charge is 0.394 e. The fourth-order valence-electron chi connectivity index (χ4n) is 2.22. The lowest BCUT2D eigenvalue weighted by Gasteiger charge is -2.27. The maximum Gasteiger partial charge on any atom is 0.227 e. The van der Waals surface area contributed by atoms with Gasteiger partial charge in [0.05, 0.1) is 6.61 Å². The molecule has 0 aromatic heterocycles. The number of hydrogen-bond acceptors (Lipinski definition) is 3. The van der Waals surface area contributed by atoms with Crippen LogP contribution in [0.25, 0.3) is 0 Å². The van der Waals surface area contributed by atoms with Crippen molar-refractivity contribution in [2.45, 2.75) is 38.8 Å². The van der Waals surface area contributed by atoms with Gasteiger partial charge in [-0.15, -0.1) is 0 Å². The number of aryl methyl sites for hydroxylation is 1. The Morgan fingerprint density at radius 3 is 2.79 bits per heavy atom. The summed E-state index contributed by atoms with van der Waals surface area (Å²) >= 11 is 0. The lowest BCUT2D eigenvalue weighted by atomic mass is 9.98. The number of aliphatic hydroxyl groups excluding tert-OH is 1. The normalized spacial score (nSPS) is 15.6. The summed E-state index contributed by atoms with van der Waals surface area (Å²) in [7, 11) is 1.83. The van der Waals surface area contributed by atoms with Crippen LogP contribution in [0.3, 0.4) is 0 Å².